The van der Waals surface area contributed by atoms with Crippen LogP contribution in [0.1, 0.15) is 66.2 Å². The van der Waals surface area contributed by atoms with Gasteiger partial charge in [-0.25, -0.2) is 0 Å². The summed E-state index contributed by atoms with van der Waals surface area (Å²) in [5, 5.41) is 0. The van der Waals surface area contributed by atoms with Crippen LogP contribution in [0.15, 0.2) is 0 Å². The number of rotatable bonds is 16. The summed E-state index contributed by atoms with van der Waals surface area (Å²) < 4.78 is 41.9. The minimum Gasteiger partial charge on any atom is -0.382 e. The van der Waals surface area contributed by atoms with Gasteiger partial charge in [-0.3, -0.25) is 0 Å². The molecule has 0 spiro atoms. The average Bonchev–Trinajstić information content (AvgIpc) is 3.36. The standard InChI is InChI=1S/C24H46O7/c1-7-19(3)28-17-23(11-9-21(30-23)13-25-5)15-27-16-24(18-29-20(4)8-2)12-10-22(31-24)14-26-6/h19-22H,7-18H2,1-6H3. The van der Waals surface area contributed by atoms with Crippen LogP contribution < -0.4 is 0 Å². The van der Waals surface area contributed by atoms with Crippen LogP contribution in [0, 0.1) is 0 Å². The van der Waals surface area contributed by atoms with Crippen molar-refractivity contribution in [3.05, 3.63) is 0 Å². The number of hydrogen-bond acceptors (Lipinski definition) is 7. The van der Waals surface area contributed by atoms with Crippen LogP contribution in [0.3, 0.4) is 0 Å². The van der Waals surface area contributed by atoms with Crippen molar-refractivity contribution in [2.75, 3.05) is 53.9 Å². The van der Waals surface area contributed by atoms with Crippen LogP contribution in [0.25, 0.3) is 0 Å². The molecule has 2 rings (SSSR count). The van der Waals surface area contributed by atoms with Crippen molar-refractivity contribution in [3.8, 4) is 0 Å². The highest BCUT2D eigenvalue weighted by Crippen LogP contribution is 2.35. The van der Waals surface area contributed by atoms with E-state index < -0.39 is 11.2 Å². The molecule has 7 heteroatoms. The van der Waals surface area contributed by atoms with Gasteiger partial charge >= 0.3 is 0 Å². The Kier molecular flexibility index (Phi) is 11.7. The fourth-order valence-corrected chi connectivity index (χ4v) is 4.15. The Morgan fingerprint density at radius 1 is 0.742 bits per heavy atom. The van der Waals surface area contributed by atoms with Crippen LogP contribution in [0.4, 0.5) is 0 Å². The molecule has 31 heavy (non-hydrogen) atoms. The van der Waals surface area contributed by atoms with Gasteiger partial charge in [-0.2, -0.15) is 0 Å². The van der Waals surface area contributed by atoms with Crippen molar-refractivity contribution in [2.45, 2.75) is 102 Å². The summed E-state index contributed by atoms with van der Waals surface area (Å²) >= 11 is 0. The summed E-state index contributed by atoms with van der Waals surface area (Å²) in [4.78, 5) is 0. The third kappa shape index (κ3) is 8.54. The molecule has 2 saturated heterocycles. The van der Waals surface area contributed by atoms with Gasteiger partial charge in [-0.15, -0.1) is 0 Å². The smallest absolute Gasteiger partial charge is 0.115 e. The van der Waals surface area contributed by atoms with Gasteiger partial charge in [0, 0.05) is 14.2 Å². The lowest BCUT2D eigenvalue weighted by atomic mass is 10.00. The van der Waals surface area contributed by atoms with E-state index in [2.05, 4.69) is 27.7 Å². The highest BCUT2D eigenvalue weighted by Gasteiger charge is 2.44. The average molecular weight is 447 g/mol. The van der Waals surface area contributed by atoms with Crippen molar-refractivity contribution in [1.29, 1.82) is 0 Å². The Hall–Kier alpha value is -0.280. The Bertz CT molecular complexity index is 449. The number of hydrogen-bond donors (Lipinski definition) is 0. The third-order valence-electron chi connectivity index (χ3n) is 6.52. The Morgan fingerprint density at radius 2 is 1.16 bits per heavy atom. The summed E-state index contributed by atoms with van der Waals surface area (Å²) in [6, 6.07) is 0. The van der Waals surface area contributed by atoms with Gasteiger partial charge < -0.3 is 33.2 Å². The van der Waals surface area contributed by atoms with Crippen molar-refractivity contribution >= 4 is 0 Å². The third-order valence-corrected chi connectivity index (χ3v) is 6.52. The summed E-state index contributed by atoms with van der Waals surface area (Å²) in [5.41, 5.74) is -0.869. The van der Waals surface area contributed by atoms with Crippen molar-refractivity contribution < 1.29 is 33.2 Å². The van der Waals surface area contributed by atoms with Gasteiger partial charge in [0.15, 0.2) is 0 Å². The molecule has 2 heterocycles. The van der Waals surface area contributed by atoms with Crippen LogP contribution >= 0.6 is 0 Å². The molecule has 6 atom stereocenters. The van der Waals surface area contributed by atoms with E-state index >= 15 is 0 Å². The van der Waals surface area contributed by atoms with Gasteiger partial charge in [-0.1, -0.05) is 13.8 Å². The normalized spacial score (nSPS) is 33.1. The van der Waals surface area contributed by atoms with E-state index in [1.165, 1.54) is 0 Å². The first-order valence-corrected chi connectivity index (χ1v) is 12.0. The predicted molar refractivity (Wildman–Crippen MR) is 120 cm³/mol. The largest absolute Gasteiger partial charge is 0.382 e. The lowest BCUT2D eigenvalue weighted by Gasteiger charge is -2.34. The van der Waals surface area contributed by atoms with Crippen molar-refractivity contribution in [3.63, 3.8) is 0 Å². The highest BCUT2D eigenvalue weighted by atomic mass is 16.6. The quantitative estimate of drug-likeness (QED) is 0.358. The Balaban J connectivity index is 1.97. The number of methoxy groups -OCH3 is 2. The molecule has 0 aromatic heterocycles. The van der Waals surface area contributed by atoms with E-state index in [0.29, 0.717) is 39.6 Å². The van der Waals surface area contributed by atoms with Gasteiger partial charge in [0.1, 0.15) is 11.2 Å². The van der Waals surface area contributed by atoms with Crippen molar-refractivity contribution in [2.24, 2.45) is 0 Å². The van der Waals surface area contributed by atoms with E-state index in [1.807, 2.05) is 0 Å². The second-order valence-electron chi connectivity index (χ2n) is 9.39. The van der Waals surface area contributed by atoms with E-state index in [1.54, 1.807) is 14.2 Å². The minimum atomic E-state index is -0.435. The fraction of sp³-hybridized carbons (Fsp3) is 1.00. The molecule has 2 aliphatic rings. The maximum atomic E-state index is 6.39. The van der Waals surface area contributed by atoms with Crippen LogP contribution in [-0.4, -0.2) is 89.5 Å². The topological polar surface area (TPSA) is 64.6 Å². The minimum absolute atomic E-state index is 0.0886. The van der Waals surface area contributed by atoms with E-state index in [9.17, 15) is 0 Å². The molecule has 6 unspecified atom stereocenters. The zero-order chi connectivity index (χ0) is 22.7. The molecule has 0 amide bonds. The van der Waals surface area contributed by atoms with Crippen LogP contribution in [0.2, 0.25) is 0 Å². The monoisotopic (exact) mass is 446 g/mol. The highest BCUT2D eigenvalue weighted by molar-refractivity contribution is 4.92. The molecule has 184 valence electrons. The Morgan fingerprint density at radius 3 is 1.52 bits per heavy atom. The fourth-order valence-electron chi connectivity index (χ4n) is 4.15. The molecule has 0 aromatic carbocycles. The van der Waals surface area contributed by atoms with Gasteiger partial charge in [0.2, 0.25) is 0 Å². The molecular formula is C24H46O7. The van der Waals surface area contributed by atoms with Crippen molar-refractivity contribution in [1.82, 2.24) is 0 Å². The lowest BCUT2D eigenvalue weighted by Crippen LogP contribution is -2.46. The molecule has 0 N–H and O–H groups in total. The second kappa shape index (κ2) is 13.4. The predicted octanol–water partition coefficient (Wildman–Crippen LogP) is 3.76. The summed E-state index contributed by atoms with van der Waals surface area (Å²) in [7, 11) is 3.43. The Labute approximate surface area is 189 Å². The van der Waals surface area contributed by atoms with Crippen LogP contribution in [-0.2, 0) is 33.2 Å². The van der Waals surface area contributed by atoms with Gasteiger partial charge in [0.05, 0.1) is 64.1 Å². The first kappa shape index (κ1) is 27.0. The van der Waals surface area contributed by atoms with Gasteiger partial charge in [-0.05, 0) is 52.4 Å². The first-order valence-electron chi connectivity index (χ1n) is 12.0. The molecule has 0 aliphatic carbocycles. The zero-order valence-electron chi connectivity index (χ0n) is 20.7. The zero-order valence-corrected chi connectivity index (χ0v) is 20.7. The summed E-state index contributed by atoms with van der Waals surface area (Å²) in [5.74, 6) is 0. The van der Waals surface area contributed by atoms with Gasteiger partial charge in [0.25, 0.3) is 0 Å². The molecule has 7 nitrogen and oxygen atoms in total. The van der Waals surface area contributed by atoms with Crippen LogP contribution in [0.5, 0.6) is 0 Å². The molecule has 0 aromatic rings. The first-order chi connectivity index (χ1) is 14.9. The molecule has 0 radical (unpaired) electrons. The molecule has 2 aliphatic heterocycles. The summed E-state index contributed by atoms with van der Waals surface area (Å²) in [6.45, 7) is 11.7. The molecule has 0 saturated carbocycles. The van der Waals surface area contributed by atoms with E-state index in [4.69, 9.17) is 33.2 Å². The maximum absolute atomic E-state index is 6.39. The lowest BCUT2D eigenvalue weighted by molar-refractivity contribution is -0.178. The molecular weight excluding hydrogens is 400 g/mol. The maximum Gasteiger partial charge on any atom is 0.115 e. The SMILES string of the molecule is CCC(C)OCC1(COCC2(COC(C)CC)CCC(COC)O2)CCC(COC)O1. The summed E-state index contributed by atoms with van der Waals surface area (Å²) in [6.07, 6.45) is 6.24. The second-order valence-corrected chi connectivity index (χ2v) is 9.39. The molecule has 2 fully saturated rings. The number of ether oxygens (including phenoxy) is 7. The molecule has 0 bridgehead atoms. The van der Waals surface area contributed by atoms with E-state index in [-0.39, 0.29) is 24.4 Å². The van der Waals surface area contributed by atoms with E-state index in [0.717, 1.165) is 38.5 Å².